The summed E-state index contributed by atoms with van der Waals surface area (Å²) in [5.41, 5.74) is -0.764. The second kappa shape index (κ2) is 12.9. The van der Waals surface area contributed by atoms with Gasteiger partial charge in [0.25, 0.3) is 0 Å². The predicted octanol–water partition coefficient (Wildman–Crippen LogP) is 0.940. The van der Waals surface area contributed by atoms with Gasteiger partial charge in [0.05, 0.1) is 25.9 Å². The number of hydrogen-bond donors (Lipinski definition) is 0. The van der Waals surface area contributed by atoms with Crippen LogP contribution in [-0.4, -0.2) is 63.0 Å². The number of carbonyl (C=O) groups is 4. The first kappa shape index (κ1) is 23.6. The van der Waals surface area contributed by atoms with Gasteiger partial charge in [0.15, 0.2) is 0 Å². The molecule has 0 atom stereocenters. The lowest BCUT2D eigenvalue weighted by Gasteiger charge is -2.23. The molecular weight excluding hydrogens is 348 g/mol. The first-order chi connectivity index (χ1) is 12.2. The molecular formula is C17H26O9. The standard InChI is InChI=1S/C17H26O9/c1-5-13(18)24-10-11-25-15(20)7-6-14(19)23-9-8-16(21)26-17(2,3)12-22-4/h5H,1,6-12H2,2-4H3. The van der Waals surface area contributed by atoms with Crippen LogP contribution in [0.1, 0.15) is 33.1 Å². The Morgan fingerprint density at radius 2 is 1.38 bits per heavy atom. The van der Waals surface area contributed by atoms with Gasteiger partial charge in [-0.2, -0.15) is 0 Å². The number of carbonyl (C=O) groups excluding carboxylic acids is 4. The molecule has 0 fully saturated rings. The topological polar surface area (TPSA) is 114 Å². The zero-order valence-corrected chi connectivity index (χ0v) is 15.4. The fourth-order valence-electron chi connectivity index (χ4n) is 1.69. The maximum absolute atomic E-state index is 11.6. The Morgan fingerprint density at radius 1 is 0.846 bits per heavy atom. The van der Waals surface area contributed by atoms with Gasteiger partial charge < -0.3 is 23.7 Å². The van der Waals surface area contributed by atoms with Crippen LogP contribution in [0.15, 0.2) is 12.7 Å². The summed E-state index contributed by atoms with van der Waals surface area (Å²) < 4.78 is 24.3. The van der Waals surface area contributed by atoms with Crippen LogP contribution in [0.3, 0.4) is 0 Å². The normalized spacial score (nSPS) is 10.6. The molecule has 0 N–H and O–H groups in total. The van der Waals surface area contributed by atoms with Crippen LogP contribution in [0.2, 0.25) is 0 Å². The third-order valence-electron chi connectivity index (χ3n) is 2.74. The maximum Gasteiger partial charge on any atom is 0.330 e. The van der Waals surface area contributed by atoms with Crippen LogP contribution in [0.25, 0.3) is 0 Å². The molecule has 0 radical (unpaired) electrons. The van der Waals surface area contributed by atoms with Crippen LogP contribution in [0.4, 0.5) is 0 Å². The molecule has 0 aromatic rings. The van der Waals surface area contributed by atoms with E-state index in [1.54, 1.807) is 13.8 Å². The van der Waals surface area contributed by atoms with Crippen molar-refractivity contribution in [3.05, 3.63) is 12.7 Å². The Bertz CT molecular complexity index is 496. The minimum Gasteiger partial charge on any atom is -0.465 e. The van der Waals surface area contributed by atoms with Crippen LogP contribution < -0.4 is 0 Å². The van der Waals surface area contributed by atoms with Crippen molar-refractivity contribution >= 4 is 23.9 Å². The SMILES string of the molecule is C=CC(=O)OCCOC(=O)CCC(=O)OCCC(=O)OC(C)(C)COC. The molecule has 0 heterocycles. The first-order valence-electron chi connectivity index (χ1n) is 8.01. The average Bonchev–Trinajstić information content (AvgIpc) is 2.55. The second-order valence-corrected chi connectivity index (χ2v) is 5.73. The monoisotopic (exact) mass is 374 g/mol. The lowest BCUT2D eigenvalue weighted by atomic mass is 10.1. The van der Waals surface area contributed by atoms with Crippen LogP contribution in [0, 0.1) is 0 Å². The quantitative estimate of drug-likeness (QED) is 0.201. The van der Waals surface area contributed by atoms with E-state index >= 15 is 0 Å². The van der Waals surface area contributed by atoms with Crippen molar-refractivity contribution in [2.75, 3.05) is 33.5 Å². The second-order valence-electron chi connectivity index (χ2n) is 5.73. The van der Waals surface area contributed by atoms with Gasteiger partial charge in [-0.1, -0.05) is 6.58 Å². The van der Waals surface area contributed by atoms with Crippen LogP contribution in [-0.2, 0) is 42.9 Å². The molecule has 26 heavy (non-hydrogen) atoms. The highest BCUT2D eigenvalue weighted by atomic mass is 16.6. The Morgan fingerprint density at radius 3 is 1.92 bits per heavy atom. The molecule has 9 heteroatoms. The molecule has 9 nitrogen and oxygen atoms in total. The van der Waals surface area contributed by atoms with E-state index in [1.165, 1.54) is 7.11 Å². The highest BCUT2D eigenvalue weighted by Gasteiger charge is 2.22. The molecule has 148 valence electrons. The van der Waals surface area contributed by atoms with Crippen molar-refractivity contribution in [2.24, 2.45) is 0 Å². The van der Waals surface area contributed by atoms with Crippen molar-refractivity contribution in [1.29, 1.82) is 0 Å². The Kier molecular flexibility index (Phi) is 11.7. The molecule has 0 saturated carbocycles. The van der Waals surface area contributed by atoms with E-state index < -0.39 is 29.5 Å². The summed E-state index contributed by atoms with van der Waals surface area (Å²) in [6.07, 6.45) is 0.527. The maximum atomic E-state index is 11.6. The van der Waals surface area contributed by atoms with Gasteiger partial charge in [0.2, 0.25) is 0 Å². The summed E-state index contributed by atoms with van der Waals surface area (Å²) in [5, 5.41) is 0. The van der Waals surface area contributed by atoms with Gasteiger partial charge in [0.1, 0.15) is 25.4 Å². The zero-order chi connectivity index (χ0) is 20.0. The number of hydrogen-bond acceptors (Lipinski definition) is 9. The van der Waals surface area contributed by atoms with Gasteiger partial charge in [-0.15, -0.1) is 0 Å². The third-order valence-corrected chi connectivity index (χ3v) is 2.74. The molecule has 0 bridgehead atoms. The Labute approximate surface area is 152 Å². The first-order valence-corrected chi connectivity index (χ1v) is 8.01. The molecule has 0 aliphatic rings. The lowest BCUT2D eigenvalue weighted by Crippen LogP contribution is -2.33. The number of methoxy groups -OCH3 is 1. The van der Waals surface area contributed by atoms with Crippen molar-refractivity contribution in [3.8, 4) is 0 Å². The van der Waals surface area contributed by atoms with Crippen LogP contribution in [0.5, 0.6) is 0 Å². The molecule has 0 saturated heterocycles. The Hall–Kier alpha value is -2.42. The Balaban J connectivity index is 3.79. The number of esters is 4. The summed E-state index contributed by atoms with van der Waals surface area (Å²) in [7, 11) is 1.50. The molecule has 0 unspecified atom stereocenters. The third kappa shape index (κ3) is 12.9. The van der Waals surface area contributed by atoms with Gasteiger partial charge in [-0.05, 0) is 13.8 Å². The van der Waals surface area contributed by atoms with Crippen molar-refractivity contribution in [1.82, 2.24) is 0 Å². The predicted molar refractivity (Wildman–Crippen MR) is 89.0 cm³/mol. The van der Waals surface area contributed by atoms with E-state index in [0.717, 1.165) is 6.08 Å². The van der Waals surface area contributed by atoms with Crippen molar-refractivity contribution in [3.63, 3.8) is 0 Å². The van der Waals surface area contributed by atoms with Crippen molar-refractivity contribution in [2.45, 2.75) is 38.7 Å². The molecule has 0 aliphatic heterocycles. The number of ether oxygens (including phenoxy) is 5. The molecule has 0 rings (SSSR count). The van der Waals surface area contributed by atoms with E-state index in [4.69, 9.17) is 18.9 Å². The van der Waals surface area contributed by atoms with Gasteiger partial charge in [0, 0.05) is 13.2 Å². The molecule has 0 amide bonds. The minimum atomic E-state index is -0.764. The van der Waals surface area contributed by atoms with E-state index in [0.29, 0.717) is 0 Å². The molecule has 0 spiro atoms. The van der Waals surface area contributed by atoms with E-state index in [1.807, 2.05) is 0 Å². The smallest absolute Gasteiger partial charge is 0.330 e. The van der Waals surface area contributed by atoms with E-state index in [2.05, 4.69) is 11.3 Å². The van der Waals surface area contributed by atoms with Gasteiger partial charge in [-0.3, -0.25) is 14.4 Å². The highest BCUT2D eigenvalue weighted by molar-refractivity contribution is 5.81. The lowest BCUT2D eigenvalue weighted by molar-refractivity contribution is -0.163. The molecule has 0 aromatic carbocycles. The zero-order valence-electron chi connectivity index (χ0n) is 15.4. The van der Waals surface area contributed by atoms with Gasteiger partial charge >= 0.3 is 23.9 Å². The number of rotatable bonds is 13. The van der Waals surface area contributed by atoms with Crippen LogP contribution >= 0.6 is 0 Å². The van der Waals surface area contributed by atoms with Gasteiger partial charge in [-0.25, -0.2) is 4.79 Å². The molecule has 0 aliphatic carbocycles. The summed E-state index contributed by atoms with van der Waals surface area (Å²) in [5.74, 6) is -2.40. The summed E-state index contributed by atoms with van der Waals surface area (Å²) in [4.78, 5) is 45.2. The van der Waals surface area contributed by atoms with E-state index in [9.17, 15) is 19.2 Å². The fraction of sp³-hybridized carbons (Fsp3) is 0.647. The average molecular weight is 374 g/mol. The highest BCUT2D eigenvalue weighted by Crippen LogP contribution is 2.10. The fourth-order valence-corrected chi connectivity index (χ4v) is 1.69. The van der Waals surface area contributed by atoms with Crippen molar-refractivity contribution < 1.29 is 42.9 Å². The van der Waals surface area contributed by atoms with E-state index in [-0.39, 0.29) is 45.7 Å². The summed E-state index contributed by atoms with van der Waals surface area (Å²) in [6.45, 7) is 6.50. The summed E-state index contributed by atoms with van der Waals surface area (Å²) in [6, 6.07) is 0. The minimum absolute atomic E-state index is 0.0947. The summed E-state index contributed by atoms with van der Waals surface area (Å²) >= 11 is 0. The largest absolute Gasteiger partial charge is 0.465 e. The molecule has 0 aromatic heterocycles.